The highest BCUT2D eigenvalue weighted by Gasteiger charge is 2.34. The van der Waals surface area contributed by atoms with Crippen LogP contribution >= 0.6 is 0 Å². The molecule has 2 N–H and O–H groups in total. The number of benzene rings is 1. The number of anilines is 2. The molecular weight excluding hydrogens is 321 g/mol. The number of alkyl halides is 3. The number of morpholine rings is 1. The molecule has 1 aliphatic heterocycles. The van der Waals surface area contributed by atoms with Crippen molar-refractivity contribution in [2.45, 2.75) is 13.1 Å². The molecule has 0 saturated carbocycles. The van der Waals surface area contributed by atoms with Gasteiger partial charge in [0.2, 0.25) is 0 Å². The molecular formula is C16H17F3N4O. The fraction of sp³-hybridized carbons (Fsp3) is 0.375. The third-order valence-corrected chi connectivity index (χ3v) is 3.94. The number of nitrogens with zero attached hydrogens (tertiary/aromatic N) is 3. The molecule has 0 bridgehead atoms. The summed E-state index contributed by atoms with van der Waals surface area (Å²) in [5.74, 6) is 0.712. The Labute approximate surface area is 137 Å². The smallest absolute Gasteiger partial charge is 0.383 e. The highest BCUT2D eigenvalue weighted by molar-refractivity contribution is 5.67. The SMILES string of the molecule is Cc1c(N)nc(-c2ccccc2C(F)(F)F)nc1N1CCOCC1. The van der Waals surface area contributed by atoms with Gasteiger partial charge in [-0.25, -0.2) is 9.97 Å². The lowest BCUT2D eigenvalue weighted by Crippen LogP contribution is -2.37. The van der Waals surface area contributed by atoms with E-state index in [4.69, 9.17) is 10.5 Å². The average Bonchev–Trinajstić information content (AvgIpc) is 2.57. The quantitative estimate of drug-likeness (QED) is 0.912. The minimum absolute atomic E-state index is 0.0208. The molecule has 8 heteroatoms. The molecule has 1 fully saturated rings. The van der Waals surface area contributed by atoms with E-state index in [9.17, 15) is 13.2 Å². The number of hydrogen-bond donors (Lipinski definition) is 1. The van der Waals surface area contributed by atoms with Gasteiger partial charge in [-0.3, -0.25) is 0 Å². The van der Waals surface area contributed by atoms with Crippen LogP contribution in [0.1, 0.15) is 11.1 Å². The average molecular weight is 338 g/mol. The van der Waals surface area contributed by atoms with Gasteiger partial charge in [0.05, 0.1) is 18.8 Å². The first-order chi connectivity index (χ1) is 11.4. The van der Waals surface area contributed by atoms with E-state index in [2.05, 4.69) is 9.97 Å². The van der Waals surface area contributed by atoms with Crippen LogP contribution < -0.4 is 10.6 Å². The molecule has 1 saturated heterocycles. The molecule has 5 nitrogen and oxygen atoms in total. The Balaban J connectivity index is 2.11. The van der Waals surface area contributed by atoms with Crippen molar-refractivity contribution in [3.8, 4) is 11.4 Å². The zero-order valence-electron chi connectivity index (χ0n) is 13.1. The van der Waals surface area contributed by atoms with Gasteiger partial charge >= 0.3 is 6.18 Å². The van der Waals surface area contributed by atoms with Crippen LogP contribution in [-0.2, 0) is 10.9 Å². The van der Waals surface area contributed by atoms with Gasteiger partial charge in [0.25, 0.3) is 0 Å². The standard InChI is InChI=1S/C16H17F3N4O/c1-10-13(20)21-14(22-15(10)23-6-8-24-9-7-23)11-4-2-3-5-12(11)16(17,18)19/h2-5H,6-9H2,1H3,(H2,20,21,22). The molecule has 2 aromatic rings. The first-order valence-electron chi connectivity index (χ1n) is 7.51. The van der Waals surface area contributed by atoms with E-state index in [1.54, 1.807) is 6.92 Å². The van der Waals surface area contributed by atoms with Crippen LogP contribution in [0.2, 0.25) is 0 Å². The summed E-state index contributed by atoms with van der Waals surface area (Å²) in [6.45, 7) is 4.06. The van der Waals surface area contributed by atoms with Gasteiger partial charge in [-0.15, -0.1) is 0 Å². The van der Waals surface area contributed by atoms with Crippen molar-refractivity contribution in [2.24, 2.45) is 0 Å². The van der Waals surface area contributed by atoms with Crippen molar-refractivity contribution in [3.05, 3.63) is 35.4 Å². The maximum absolute atomic E-state index is 13.3. The van der Waals surface area contributed by atoms with Crippen molar-refractivity contribution in [1.82, 2.24) is 9.97 Å². The maximum Gasteiger partial charge on any atom is 0.417 e. The highest BCUT2D eigenvalue weighted by Crippen LogP contribution is 2.37. The van der Waals surface area contributed by atoms with E-state index in [1.165, 1.54) is 18.2 Å². The number of halogens is 3. The normalized spacial score (nSPS) is 15.6. The van der Waals surface area contributed by atoms with Gasteiger partial charge in [0.15, 0.2) is 5.82 Å². The summed E-state index contributed by atoms with van der Waals surface area (Å²) in [7, 11) is 0. The van der Waals surface area contributed by atoms with Crippen LogP contribution in [0.3, 0.4) is 0 Å². The van der Waals surface area contributed by atoms with E-state index < -0.39 is 11.7 Å². The summed E-state index contributed by atoms with van der Waals surface area (Å²) in [6.07, 6.45) is -4.49. The first kappa shape index (κ1) is 16.5. The highest BCUT2D eigenvalue weighted by atomic mass is 19.4. The van der Waals surface area contributed by atoms with Crippen LogP contribution in [0.5, 0.6) is 0 Å². The number of aromatic nitrogens is 2. The van der Waals surface area contributed by atoms with Crippen LogP contribution in [0.4, 0.5) is 24.8 Å². The van der Waals surface area contributed by atoms with Crippen LogP contribution in [0.25, 0.3) is 11.4 Å². The monoisotopic (exact) mass is 338 g/mol. The molecule has 24 heavy (non-hydrogen) atoms. The Morgan fingerprint density at radius 1 is 1.12 bits per heavy atom. The second-order valence-corrected chi connectivity index (χ2v) is 5.52. The van der Waals surface area contributed by atoms with E-state index in [0.29, 0.717) is 37.7 Å². The number of nitrogens with two attached hydrogens (primary N) is 1. The summed E-state index contributed by atoms with van der Waals surface area (Å²) in [5.41, 5.74) is 5.74. The van der Waals surface area contributed by atoms with E-state index in [0.717, 1.165) is 6.07 Å². The molecule has 3 rings (SSSR count). The molecule has 0 radical (unpaired) electrons. The molecule has 0 amide bonds. The lowest BCUT2D eigenvalue weighted by atomic mass is 10.1. The summed E-state index contributed by atoms with van der Waals surface area (Å²) in [6, 6.07) is 5.24. The van der Waals surface area contributed by atoms with Crippen LogP contribution in [-0.4, -0.2) is 36.3 Å². The Kier molecular flexibility index (Phi) is 4.31. The zero-order chi connectivity index (χ0) is 17.3. The van der Waals surface area contributed by atoms with E-state index >= 15 is 0 Å². The van der Waals surface area contributed by atoms with E-state index in [1.807, 2.05) is 4.90 Å². The maximum atomic E-state index is 13.3. The number of rotatable bonds is 2. The van der Waals surface area contributed by atoms with Gasteiger partial charge < -0.3 is 15.4 Å². The van der Waals surface area contributed by atoms with Crippen molar-refractivity contribution in [1.29, 1.82) is 0 Å². The first-order valence-corrected chi connectivity index (χ1v) is 7.51. The predicted octanol–water partition coefficient (Wildman–Crippen LogP) is 2.89. The van der Waals surface area contributed by atoms with Gasteiger partial charge in [0.1, 0.15) is 11.6 Å². The summed E-state index contributed by atoms with van der Waals surface area (Å²) in [5, 5.41) is 0. The van der Waals surface area contributed by atoms with Crippen molar-refractivity contribution >= 4 is 11.6 Å². The lowest BCUT2D eigenvalue weighted by molar-refractivity contribution is -0.137. The minimum atomic E-state index is -4.49. The summed E-state index contributed by atoms with van der Waals surface area (Å²) >= 11 is 0. The third kappa shape index (κ3) is 3.14. The molecule has 1 aliphatic rings. The van der Waals surface area contributed by atoms with Gasteiger partial charge in [-0.05, 0) is 13.0 Å². The number of ether oxygens (including phenoxy) is 1. The van der Waals surface area contributed by atoms with Gasteiger partial charge in [-0.1, -0.05) is 18.2 Å². The van der Waals surface area contributed by atoms with Crippen LogP contribution in [0, 0.1) is 6.92 Å². The molecule has 1 aromatic carbocycles. The fourth-order valence-corrected chi connectivity index (χ4v) is 2.65. The molecule has 1 aromatic heterocycles. The van der Waals surface area contributed by atoms with Crippen molar-refractivity contribution in [2.75, 3.05) is 36.9 Å². The molecule has 0 unspecified atom stereocenters. The Bertz CT molecular complexity index is 743. The minimum Gasteiger partial charge on any atom is -0.383 e. The number of nitrogen functional groups attached to an aromatic ring is 1. The van der Waals surface area contributed by atoms with Gasteiger partial charge in [-0.2, -0.15) is 13.2 Å². The Morgan fingerprint density at radius 3 is 2.46 bits per heavy atom. The van der Waals surface area contributed by atoms with Crippen LogP contribution in [0.15, 0.2) is 24.3 Å². The molecule has 0 spiro atoms. The van der Waals surface area contributed by atoms with Crippen molar-refractivity contribution in [3.63, 3.8) is 0 Å². The Morgan fingerprint density at radius 2 is 1.79 bits per heavy atom. The largest absolute Gasteiger partial charge is 0.417 e. The molecule has 0 atom stereocenters. The van der Waals surface area contributed by atoms with Crippen molar-refractivity contribution < 1.29 is 17.9 Å². The molecule has 0 aliphatic carbocycles. The number of hydrogen-bond acceptors (Lipinski definition) is 5. The summed E-state index contributed by atoms with van der Waals surface area (Å²) < 4.78 is 45.1. The second-order valence-electron chi connectivity index (χ2n) is 5.52. The topological polar surface area (TPSA) is 64.3 Å². The predicted molar refractivity (Wildman–Crippen MR) is 84.7 cm³/mol. The van der Waals surface area contributed by atoms with E-state index in [-0.39, 0.29) is 17.2 Å². The lowest BCUT2D eigenvalue weighted by Gasteiger charge is -2.29. The second kappa shape index (κ2) is 6.27. The van der Waals surface area contributed by atoms with Gasteiger partial charge in [0, 0.05) is 24.2 Å². The summed E-state index contributed by atoms with van der Waals surface area (Å²) in [4.78, 5) is 10.4. The fourth-order valence-electron chi connectivity index (χ4n) is 2.65. The Hall–Kier alpha value is -2.35. The third-order valence-electron chi connectivity index (χ3n) is 3.94. The molecule has 2 heterocycles. The zero-order valence-corrected chi connectivity index (χ0v) is 13.1. The molecule has 128 valence electrons.